The second-order valence-electron chi connectivity index (χ2n) is 5.58. The lowest BCUT2D eigenvalue weighted by Gasteiger charge is -2.34. The Morgan fingerprint density at radius 3 is 2.50 bits per heavy atom. The molecule has 2 heteroatoms. The van der Waals surface area contributed by atoms with Gasteiger partial charge in [0.05, 0.1) is 0 Å². The van der Waals surface area contributed by atoms with Crippen LogP contribution in [0.25, 0.3) is 0 Å². The van der Waals surface area contributed by atoms with Gasteiger partial charge in [-0.3, -0.25) is 0 Å². The number of nitrogens with one attached hydrogen (secondary N) is 1. The van der Waals surface area contributed by atoms with Gasteiger partial charge in [0.2, 0.25) is 0 Å². The zero-order valence-electron chi connectivity index (χ0n) is 11.5. The third-order valence-electron chi connectivity index (χ3n) is 4.20. The van der Waals surface area contributed by atoms with E-state index in [-0.39, 0.29) is 0 Å². The molecule has 1 nitrogen and oxygen atoms in total. The Kier molecular flexibility index (Phi) is 5.08. The van der Waals surface area contributed by atoms with E-state index in [0.29, 0.717) is 6.04 Å². The van der Waals surface area contributed by atoms with Crippen LogP contribution in [0, 0.1) is 11.8 Å². The first-order chi connectivity index (χ1) is 8.72. The van der Waals surface area contributed by atoms with Crippen LogP contribution < -0.4 is 5.32 Å². The highest BCUT2D eigenvalue weighted by Crippen LogP contribution is 2.38. The van der Waals surface area contributed by atoms with Crippen molar-refractivity contribution in [3.8, 4) is 0 Å². The summed E-state index contributed by atoms with van der Waals surface area (Å²) in [5, 5.41) is 4.54. The van der Waals surface area contributed by atoms with Gasteiger partial charge in [0, 0.05) is 11.1 Å². The number of benzene rings is 1. The predicted octanol–water partition coefficient (Wildman–Crippen LogP) is 4.82. The summed E-state index contributed by atoms with van der Waals surface area (Å²) in [6.07, 6.45) is 5.36. The zero-order valence-corrected chi connectivity index (χ0v) is 12.2. The average Bonchev–Trinajstić information content (AvgIpc) is 2.38. The molecule has 0 radical (unpaired) electrons. The van der Waals surface area contributed by atoms with Gasteiger partial charge < -0.3 is 5.32 Å². The van der Waals surface area contributed by atoms with Crippen LogP contribution in [0.2, 0.25) is 5.02 Å². The van der Waals surface area contributed by atoms with Crippen LogP contribution in [-0.4, -0.2) is 6.54 Å². The fourth-order valence-corrected chi connectivity index (χ4v) is 3.35. The fraction of sp³-hybridized carbons (Fsp3) is 0.625. The molecule has 0 amide bonds. The molecule has 0 bridgehead atoms. The van der Waals surface area contributed by atoms with Crippen molar-refractivity contribution in [2.24, 2.45) is 11.8 Å². The SMILES string of the molecule is CCNC(c1ccccc1Cl)C1CCC(C)CC1. The molecule has 1 aromatic carbocycles. The maximum absolute atomic E-state index is 6.36. The third kappa shape index (κ3) is 3.27. The molecular weight excluding hydrogens is 242 g/mol. The van der Waals surface area contributed by atoms with Crippen molar-refractivity contribution in [1.29, 1.82) is 0 Å². The Hall–Kier alpha value is -0.530. The largest absolute Gasteiger partial charge is 0.310 e. The monoisotopic (exact) mass is 265 g/mol. The molecule has 1 aliphatic carbocycles. The molecule has 0 saturated heterocycles. The van der Waals surface area contributed by atoms with Crippen molar-refractivity contribution in [2.45, 2.75) is 45.6 Å². The van der Waals surface area contributed by atoms with Gasteiger partial charge in [-0.05, 0) is 42.9 Å². The summed E-state index contributed by atoms with van der Waals surface area (Å²) in [7, 11) is 0. The summed E-state index contributed by atoms with van der Waals surface area (Å²) < 4.78 is 0. The van der Waals surface area contributed by atoms with Gasteiger partial charge in [-0.1, -0.05) is 56.5 Å². The summed E-state index contributed by atoms with van der Waals surface area (Å²) in [6.45, 7) is 5.55. The molecule has 1 aliphatic rings. The first-order valence-corrected chi connectivity index (χ1v) is 7.58. The molecule has 1 saturated carbocycles. The minimum absolute atomic E-state index is 0.427. The zero-order chi connectivity index (χ0) is 13.0. The van der Waals surface area contributed by atoms with E-state index in [4.69, 9.17) is 11.6 Å². The summed E-state index contributed by atoms with van der Waals surface area (Å²) in [5.74, 6) is 1.64. The second kappa shape index (κ2) is 6.58. The van der Waals surface area contributed by atoms with Crippen LogP contribution in [0.4, 0.5) is 0 Å². The summed E-state index contributed by atoms with van der Waals surface area (Å²) in [5.41, 5.74) is 1.28. The van der Waals surface area contributed by atoms with Crippen molar-refractivity contribution in [3.05, 3.63) is 34.9 Å². The van der Waals surface area contributed by atoms with E-state index in [0.717, 1.165) is 23.4 Å². The van der Waals surface area contributed by atoms with Gasteiger partial charge in [0.1, 0.15) is 0 Å². The Bertz CT molecular complexity index is 369. The minimum Gasteiger partial charge on any atom is -0.310 e. The summed E-state index contributed by atoms with van der Waals surface area (Å²) >= 11 is 6.36. The molecule has 0 spiro atoms. The highest BCUT2D eigenvalue weighted by molar-refractivity contribution is 6.31. The summed E-state index contributed by atoms with van der Waals surface area (Å²) in [6, 6.07) is 8.71. The fourth-order valence-electron chi connectivity index (χ4n) is 3.10. The van der Waals surface area contributed by atoms with Crippen molar-refractivity contribution in [1.82, 2.24) is 5.32 Å². The van der Waals surface area contributed by atoms with Crippen LogP contribution in [0.3, 0.4) is 0 Å². The number of hydrogen-bond donors (Lipinski definition) is 1. The van der Waals surface area contributed by atoms with E-state index in [9.17, 15) is 0 Å². The summed E-state index contributed by atoms with van der Waals surface area (Å²) in [4.78, 5) is 0. The maximum atomic E-state index is 6.36. The molecule has 1 unspecified atom stereocenters. The number of halogens is 1. The molecule has 18 heavy (non-hydrogen) atoms. The molecule has 0 aromatic heterocycles. The van der Waals surface area contributed by atoms with Gasteiger partial charge in [-0.15, -0.1) is 0 Å². The first kappa shape index (κ1) is 13.9. The van der Waals surface area contributed by atoms with E-state index in [1.165, 1.54) is 31.2 Å². The number of hydrogen-bond acceptors (Lipinski definition) is 1. The van der Waals surface area contributed by atoms with Gasteiger partial charge in [-0.25, -0.2) is 0 Å². The van der Waals surface area contributed by atoms with Crippen molar-refractivity contribution in [3.63, 3.8) is 0 Å². The van der Waals surface area contributed by atoms with Crippen molar-refractivity contribution >= 4 is 11.6 Å². The Balaban J connectivity index is 2.15. The molecule has 100 valence electrons. The lowest BCUT2D eigenvalue weighted by Crippen LogP contribution is -2.30. The molecule has 0 heterocycles. The maximum Gasteiger partial charge on any atom is 0.0453 e. The first-order valence-electron chi connectivity index (χ1n) is 7.20. The molecular formula is C16H24ClN. The normalized spacial score (nSPS) is 25.9. The van der Waals surface area contributed by atoms with Crippen LogP contribution in [0.15, 0.2) is 24.3 Å². The van der Waals surface area contributed by atoms with Crippen LogP contribution in [0.5, 0.6) is 0 Å². The van der Waals surface area contributed by atoms with E-state index >= 15 is 0 Å². The van der Waals surface area contributed by atoms with Crippen molar-refractivity contribution in [2.75, 3.05) is 6.54 Å². The van der Waals surface area contributed by atoms with Crippen LogP contribution in [-0.2, 0) is 0 Å². The van der Waals surface area contributed by atoms with E-state index < -0.39 is 0 Å². The van der Waals surface area contributed by atoms with Gasteiger partial charge in [0.25, 0.3) is 0 Å². The van der Waals surface area contributed by atoms with E-state index in [1.54, 1.807) is 0 Å². The molecule has 0 aliphatic heterocycles. The second-order valence-corrected chi connectivity index (χ2v) is 5.98. The van der Waals surface area contributed by atoms with E-state index in [1.807, 2.05) is 12.1 Å². The lowest BCUT2D eigenvalue weighted by molar-refractivity contribution is 0.233. The highest BCUT2D eigenvalue weighted by Gasteiger charge is 2.27. The van der Waals surface area contributed by atoms with Crippen molar-refractivity contribution < 1.29 is 0 Å². The van der Waals surface area contributed by atoms with Gasteiger partial charge in [0.15, 0.2) is 0 Å². The Morgan fingerprint density at radius 1 is 1.22 bits per heavy atom. The minimum atomic E-state index is 0.427. The van der Waals surface area contributed by atoms with Gasteiger partial charge >= 0.3 is 0 Å². The van der Waals surface area contributed by atoms with E-state index in [2.05, 4.69) is 31.3 Å². The molecule has 1 fully saturated rings. The molecule has 2 rings (SSSR count). The Labute approximate surface area is 116 Å². The average molecular weight is 266 g/mol. The topological polar surface area (TPSA) is 12.0 Å². The molecule has 1 aromatic rings. The third-order valence-corrected chi connectivity index (χ3v) is 4.54. The van der Waals surface area contributed by atoms with Gasteiger partial charge in [-0.2, -0.15) is 0 Å². The highest BCUT2D eigenvalue weighted by atomic mass is 35.5. The molecule has 1 atom stereocenters. The quantitative estimate of drug-likeness (QED) is 0.823. The molecule has 1 N–H and O–H groups in total. The number of rotatable bonds is 4. The Morgan fingerprint density at radius 2 is 1.89 bits per heavy atom. The standard InChI is InChI=1S/C16H24ClN/c1-3-18-16(13-10-8-12(2)9-11-13)14-6-4-5-7-15(14)17/h4-7,12-13,16,18H,3,8-11H2,1-2H3. The smallest absolute Gasteiger partial charge is 0.0453 e. The predicted molar refractivity (Wildman–Crippen MR) is 79.0 cm³/mol. The van der Waals surface area contributed by atoms with Crippen LogP contribution in [0.1, 0.15) is 51.1 Å². The van der Waals surface area contributed by atoms with Crippen LogP contribution >= 0.6 is 11.6 Å². The lowest BCUT2D eigenvalue weighted by atomic mass is 9.77.